The first kappa shape index (κ1) is 14.2. The third-order valence-corrected chi connectivity index (χ3v) is 2.74. The van der Waals surface area contributed by atoms with Gasteiger partial charge in [0.05, 0.1) is 6.42 Å². The number of carbonyl (C=O) groups is 2. The van der Waals surface area contributed by atoms with Crippen LogP contribution in [0.25, 0.3) is 6.08 Å². The topological polar surface area (TPSA) is 54.4 Å². The van der Waals surface area contributed by atoms with Crippen molar-refractivity contribution >= 4 is 17.8 Å². The van der Waals surface area contributed by atoms with E-state index in [2.05, 4.69) is 13.8 Å². The number of benzene rings is 1. The van der Waals surface area contributed by atoms with Gasteiger partial charge in [0, 0.05) is 5.57 Å². The van der Waals surface area contributed by atoms with Crippen LogP contribution in [0.3, 0.4) is 0 Å². The Kier molecular flexibility index (Phi) is 4.84. The molecule has 0 heterocycles. The largest absolute Gasteiger partial charge is 0.481 e. The molecule has 0 radical (unpaired) electrons. The van der Waals surface area contributed by atoms with Gasteiger partial charge >= 0.3 is 5.97 Å². The third-order valence-electron chi connectivity index (χ3n) is 2.74. The second-order valence-corrected chi connectivity index (χ2v) is 4.62. The molecule has 0 unspecified atom stereocenters. The van der Waals surface area contributed by atoms with Gasteiger partial charge in [0.1, 0.15) is 0 Å². The fourth-order valence-electron chi connectivity index (χ4n) is 1.62. The summed E-state index contributed by atoms with van der Waals surface area (Å²) in [4.78, 5) is 22.0. The van der Waals surface area contributed by atoms with Crippen molar-refractivity contribution in [3.05, 3.63) is 41.0 Å². The number of rotatable bonds is 5. The Balaban J connectivity index is 2.97. The molecule has 3 heteroatoms. The number of aliphatic carboxylic acids is 1. The molecule has 0 aliphatic carbocycles. The minimum atomic E-state index is -0.991. The molecule has 1 aromatic rings. The number of carbonyl (C=O) groups excluding carboxylic acids is 1. The maximum Gasteiger partial charge on any atom is 0.307 e. The summed E-state index contributed by atoms with van der Waals surface area (Å²) in [6.07, 6.45) is 1.40. The lowest BCUT2D eigenvalue weighted by Crippen LogP contribution is -2.04. The van der Waals surface area contributed by atoms with E-state index in [1.54, 1.807) is 6.08 Å². The first-order valence-corrected chi connectivity index (χ1v) is 5.93. The van der Waals surface area contributed by atoms with Crippen LogP contribution in [0.1, 0.15) is 44.2 Å². The molecule has 1 N–H and O–H groups in total. The molecule has 96 valence electrons. The lowest BCUT2D eigenvalue weighted by atomic mass is 10.00. The Bertz CT molecular complexity index is 467. The summed E-state index contributed by atoms with van der Waals surface area (Å²) in [7, 11) is 0. The first-order chi connectivity index (χ1) is 8.40. The van der Waals surface area contributed by atoms with Crippen molar-refractivity contribution < 1.29 is 14.7 Å². The molecule has 0 saturated heterocycles. The van der Waals surface area contributed by atoms with Gasteiger partial charge in [0.15, 0.2) is 5.78 Å². The van der Waals surface area contributed by atoms with Crippen molar-refractivity contribution in [3.8, 4) is 0 Å². The molecule has 1 aromatic carbocycles. The monoisotopic (exact) mass is 246 g/mol. The highest BCUT2D eigenvalue weighted by molar-refractivity contribution is 6.01. The Hall–Kier alpha value is -1.90. The number of ketones is 1. The number of Topliss-reactive ketones (excluding diaryl/α,β-unsaturated/α-hetero) is 1. The predicted octanol–water partition coefficient (Wildman–Crippen LogP) is 3.26. The quantitative estimate of drug-likeness (QED) is 0.811. The van der Waals surface area contributed by atoms with Crippen LogP contribution >= 0.6 is 0 Å². The second-order valence-electron chi connectivity index (χ2n) is 4.62. The van der Waals surface area contributed by atoms with E-state index in [9.17, 15) is 9.59 Å². The first-order valence-electron chi connectivity index (χ1n) is 5.93. The Morgan fingerprint density at radius 3 is 2.17 bits per heavy atom. The molecule has 3 nitrogen and oxygen atoms in total. The number of carboxylic acid groups (broad SMARTS) is 1. The molecule has 0 aliphatic rings. The predicted molar refractivity (Wildman–Crippen MR) is 71.4 cm³/mol. The molecule has 0 saturated carbocycles. The van der Waals surface area contributed by atoms with Gasteiger partial charge in [-0.2, -0.15) is 0 Å². The van der Waals surface area contributed by atoms with Crippen LogP contribution in [0.5, 0.6) is 0 Å². The Labute approximate surface area is 107 Å². The molecule has 1 rings (SSSR count). The van der Waals surface area contributed by atoms with Crippen molar-refractivity contribution in [2.75, 3.05) is 0 Å². The fraction of sp³-hybridized carbons (Fsp3) is 0.333. The van der Waals surface area contributed by atoms with Crippen molar-refractivity contribution in [1.82, 2.24) is 0 Å². The fourth-order valence-corrected chi connectivity index (χ4v) is 1.62. The van der Waals surface area contributed by atoms with Crippen molar-refractivity contribution in [2.24, 2.45) is 0 Å². The Morgan fingerprint density at radius 2 is 1.78 bits per heavy atom. The molecule has 18 heavy (non-hydrogen) atoms. The van der Waals surface area contributed by atoms with Crippen LogP contribution in [0.2, 0.25) is 0 Å². The Morgan fingerprint density at radius 1 is 1.22 bits per heavy atom. The molecule has 0 aliphatic heterocycles. The van der Waals surface area contributed by atoms with E-state index >= 15 is 0 Å². The molecular formula is C15H18O3. The van der Waals surface area contributed by atoms with Crippen LogP contribution in [0.15, 0.2) is 29.8 Å². The highest BCUT2D eigenvalue weighted by Gasteiger charge is 2.09. The number of carboxylic acids is 1. The zero-order valence-electron chi connectivity index (χ0n) is 10.9. The minimum Gasteiger partial charge on any atom is -0.481 e. The molecule has 0 amide bonds. The molecule has 0 fully saturated rings. The molecule has 0 spiro atoms. The van der Waals surface area contributed by atoms with Gasteiger partial charge in [0.2, 0.25) is 0 Å². The van der Waals surface area contributed by atoms with Crippen LogP contribution in [0.4, 0.5) is 0 Å². The molecule has 0 bridgehead atoms. The summed E-state index contributed by atoms with van der Waals surface area (Å²) in [5, 5.41) is 8.73. The van der Waals surface area contributed by atoms with E-state index in [1.165, 1.54) is 12.5 Å². The van der Waals surface area contributed by atoms with E-state index < -0.39 is 5.97 Å². The lowest BCUT2D eigenvalue weighted by Gasteiger charge is -2.05. The summed E-state index contributed by atoms with van der Waals surface area (Å²) in [5.41, 5.74) is 2.39. The van der Waals surface area contributed by atoms with Crippen molar-refractivity contribution in [1.29, 1.82) is 0 Å². The maximum atomic E-state index is 11.3. The molecular weight excluding hydrogens is 228 g/mol. The smallest absolute Gasteiger partial charge is 0.307 e. The minimum absolute atomic E-state index is 0.203. The number of hydrogen-bond donors (Lipinski definition) is 1. The molecule has 0 aromatic heterocycles. The van der Waals surface area contributed by atoms with Gasteiger partial charge in [-0.3, -0.25) is 9.59 Å². The summed E-state index contributed by atoms with van der Waals surface area (Å²) in [5.74, 6) is -0.741. The highest BCUT2D eigenvalue weighted by atomic mass is 16.4. The third kappa shape index (κ3) is 4.17. The zero-order chi connectivity index (χ0) is 13.7. The van der Waals surface area contributed by atoms with E-state index in [-0.39, 0.29) is 12.2 Å². The van der Waals surface area contributed by atoms with Gasteiger partial charge in [-0.25, -0.2) is 0 Å². The second kappa shape index (κ2) is 6.15. The average Bonchev–Trinajstić information content (AvgIpc) is 2.28. The zero-order valence-corrected chi connectivity index (χ0v) is 10.9. The van der Waals surface area contributed by atoms with E-state index in [1.807, 2.05) is 24.3 Å². The highest BCUT2D eigenvalue weighted by Crippen LogP contribution is 2.17. The van der Waals surface area contributed by atoms with Crippen molar-refractivity contribution in [2.45, 2.75) is 33.1 Å². The average molecular weight is 246 g/mol. The van der Waals surface area contributed by atoms with Gasteiger partial charge in [-0.1, -0.05) is 38.1 Å². The summed E-state index contributed by atoms with van der Waals surface area (Å²) >= 11 is 0. The summed E-state index contributed by atoms with van der Waals surface area (Å²) < 4.78 is 0. The van der Waals surface area contributed by atoms with Crippen LogP contribution in [-0.2, 0) is 9.59 Å². The van der Waals surface area contributed by atoms with Gasteiger partial charge in [0.25, 0.3) is 0 Å². The number of hydrogen-bond acceptors (Lipinski definition) is 2. The van der Waals surface area contributed by atoms with Crippen LogP contribution in [-0.4, -0.2) is 16.9 Å². The van der Waals surface area contributed by atoms with Gasteiger partial charge in [-0.05, 0) is 30.0 Å². The summed E-state index contributed by atoms with van der Waals surface area (Å²) in [6.45, 7) is 5.60. The van der Waals surface area contributed by atoms with E-state index in [0.717, 1.165) is 5.56 Å². The van der Waals surface area contributed by atoms with Crippen LogP contribution < -0.4 is 0 Å². The summed E-state index contributed by atoms with van der Waals surface area (Å²) in [6, 6.07) is 7.80. The standard InChI is InChI=1S/C15H18O3/c1-10(2)13-6-4-12(5-7-13)8-14(11(3)16)9-15(17)18/h4-8,10H,9H2,1-3H3,(H,17,18)/b14-8+. The van der Waals surface area contributed by atoms with Gasteiger partial charge < -0.3 is 5.11 Å². The van der Waals surface area contributed by atoms with Crippen molar-refractivity contribution in [3.63, 3.8) is 0 Å². The lowest BCUT2D eigenvalue weighted by molar-refractivity contribution is -0.136. The van der Waals surface area contributed by atoms with Crippen LogP contribution in [0, 0.1) is 0 Å². The SMILES string of the molecule is CC(=O)/C(=C/c1ccc(C(C)C)cc1)CC(=O)O. The van der Waals surface area contributed by atoms with E-state index in [0.29, 0.717) is 11.5 Å². The normalized spacial score (nSPS) is 11.7. The maximum absolute atomic E-state index is 11.3. The van der Waals surface area contributed by atoms with E-state index in [4.69, 9.17) is 5.11 Å². The van der Waals surface area contributed by atoms with Gasteiger partial charge in [-0.15, -0.1) is 0 Å². The molecule has 0 atom stereocenters.